The molecule has 3 rings (SSSR count). The van der Waals surface area contributed by atoms with E-state index in [1.807, 2.05) is 0 Å². The van der Waals surface area contributed by atoms with E-state index in [-0.39, 0.29) is 25.2 Å². The van der Waals surface area contributed by atoms with E-state index >= 15 is 0 Å². The molecule has 1 aliphatic rings. The van der Waals surface area contributed by atoms with Gasteiger partial charge < -0.3 is 10.8 Å². The van der Waals surface area contributed by atoms with Crippen LogP contribution in [0, 0.1) is 5.82 Å². The number of nitrogens with zero attached hydrogens (tertiary/aromatic N) is 2. The Bertz CT molecular complexity index is 731. The van der Waals surface area contributed by atoms with Crippen molar-refractivity contribution in [1.29, 1.82) is 0 Å². The Labute approximate surface area is 141 Å². The zero-order valence-electron chi connectivity index (χ0n) is 12.9. The molecule has 0 saturated carbocycles. The first-order chi connectivity index (χ1) is 11.5. The lowest BCUT2D eigenvalue weighted by atomic mass is 10.2. The second kappa shape index (κ2) is 6.58. The van der Waals surface area contributed by atoms with Crippen LogP contribution in [0.3, 0.4) is 0 Å². The number of benzene rings is 2. The third-order valence-electron chi connectivity index (χ3n) is 3.92. The van der Waals surface area contributed by atoms with Crippen molar-refractivity contribution in [3.8, 4) is 0 Å². The van der Waals surface area contributed by atoms with Crippen LogP contribution in [0.4, 0.5) is 21.5 Å². The van der Waals surface area contributed by atoms with Gasteiger partial charge in [0.2, 0.25) is 0 Å². The number of rotatable bonds is 5. The molecule has 24 heavy (non-hydrogen) atoms. The molecule has 1 unspecified atom stereocenters. The minimum absolute atomic E-state index is 0.0890. The molecule has 6 nitrogen and oxygen atoms in total. The summed E-state index contributed by atoms with van der Waals surface area (Å²) in [6.45, 7) is 0.272. The highest BCUT2D eigenvalue weighted by Crippen LogP contribution is 2.64. The van der Waals surface area contributed by atoms with E-state index in [2.05, 4.69) is 0 Å². The monoisotopic (exact) mass is 353 g/mol. The normalized spacial score (nSPS) is 18.4. The maximum absolute atomic E-state index is 14.2. The van der Waals surface area contributed by atoms with Crippen molar-refractivity contribution in [3.63, 3.8) is 0 Å². The van der Waals surface area contributed by atoms with Crippen molar-refractivity contribution in [2.45, 2.75) is 12.5 Å². The van der Waals surface area contributed by atoms with E-state index < -0.39 is 22.9 Å². The van der Waals surface area contributed by atoms with Crippen LogP contribution >= 0.6 is 11.0 Å². The van der Waals surface area contributed by atoms with Gasteiger partial charge in [0.25, 0.3) is 0 Å². The van der Waals surface area contributed by atoms with Crippen LogP contribution in [-0.2, 0) is 0 Å². The summed E-state index contributed by atoms with van der Waals surface area (Å²) >= 11 is 0. The molecule has 0 aliphatic carbocycles. The predicted molar refractivity (Wildman–Crippen MR) is 94.9 cm³/mol. The Morgan fingerprint density at radius 3 is 2.21 bits per heavy atom. The number of aliphatic hydroxyl groups excluding tert-OH is 1. The Morgan fingerprint density at radius 2 is 1.58 bits per heavy atom. The molecule has 0 aromatic heterocycles. The van der Waals surface area contributed by atoms with Crippen LogP contribution in [0.2, 0.25) is 0 Å². The van der Waals surface area contributed by atoms with Crippen molar-refractivity contribution in [1.82, 2.24) is 0 Å². The second-order valence-electron chi connectivity index (χ2n) is 5.50. The van der Waals surface area contributed by atoms with Gasteiger partial charge >= 0.3 is 0 Å². The number of nitrogens with two attached hydrogens (primary N) is 1. The average Bonchev–Trinajstić information content (AvgIpc) is 2.79. The van der Waals surface area contributed by atoms with Crippen LogP contribution in [0.25, 0.3) is 0 Å². The van der Waals surface area contributed by atoms with Gasteiger partial charge in [0.1, 0.15) is 11.5 Å². The number of anilines is 3. The summed E-state index contributed by atoms with van der Waals surface area (Å²) in [4.78, 5) is 0. The fourth-order valence-corrected chi connectivity index (χ4v) is 4.51. The first kappa shape index (κ1) is 17.0. The van der Waals surface area contributed by atoms with Gasteiger partial charge in [-0.15, -0.1) is 0 Å². The second-order valence-corrected chi connectivity index (χ2v) is 7.29. The number of fused-ring (bicyclic) bond motifs is 1. The van der Waals surface area contributed by atoms with Crippen LogP contribution in [0.15, 0.2) is 48.5 Å². The molecule has 2 aromatic carbocycles. The summed E-state index contributed by atoms with van der Waals surface area (Å²) < 4.78 is 38.5. The van der Waals surface area contributed by atoms with Crippen LogP contribution in [0.1, 0.15) is 6.42 Å². The Balaban J connectivity index is 2.03. The third-order valence-corrected chi connectivity index (χ3v) is 5.77. The van der Waals surface area contributed by atoms with Gasteiger partial charge in [0, 0.05) is 13.1 Å². The van der Waals surface area contributed by atoms with E-state index in [4.69, 9.17) is 5.73 Å². The first-order valence-corrected chi connectivity index (χ1v) is 9.00. The highest BCUT2D eigenvalue weighted by molar-refractivity contribution is 8.27. The number of hydrogen-bond acceptors (Lipinski definition) is 6. The van der Waals surface area contributed by atoms with Gasteiger partial charge in [0.05, 0.1) is 17.5 Å². The van der Waals surface area contributed by atoms with Crippen LogP contribution in [0.5, 0.6) is 0 Å². The van der Waals surface area contributed by atoms with Gasteiger partial charge in [-0.05, 0) is 41.6 Å². The summed E-state index contributed by atoms with van der Waals surface area (Å²) in [5.74, 6) is -0.545. The van der Waals surface area contributed by atoms with E-state index in [1.165, 1.54) is 20.7 Å². The zero-order chi connectivity index (χ0) is 17.3. The quantitative estimate of drug-likeness (QED) is 0.660. The number of halogens is 1. The smallest absolute Gasteiger partial charge is 0.148 e. The molecule has 0 bridgehead atoms. The molecule has 0 fully saturated rings. The Kier molecular flexibility index (Phi) is 4.66. The van der Waals surface area contributed by atoms with Gasteiger partial charge in [-0.3, -0.25) is 13.4 Å². The zero-order valence-corrected chi connectivity index (χ0v) is 13.7. The molecule has 1 atom stereocenters. The molecule has 1 aliphatic heterocycles. The lowest BCUT2D eigenvalue weighted by molar-refractivity contribution is 0.175. The van der Waals surface area contributed by atoms with Crippen molar-refractivity contribution < 1.29 is 18.6 Å². The third kappa shape index (κ3) is 2.83. The molecule has 0 spiro atoms. The minimum Gasteiger partial charge on any atom is -0.392 e. The first-order valence-electron chi connectivity index (χ1n) is 7.54. The number of para-hydroxylation sites is 3. The van der Waals surface area contributed by atoms with Gasteiger partial charge in [-0.1, -0.05) is 24.3 Å². The fourth-order valence-electron chi connectivity index (χ4n) is 2.71. The molecular formula is C16H20FN3O3S. The maximum atomic E-state index is 14.2. The van der Waals surface area contributed by atoms with Gasteiger partial charge in [0.15, 0.2) is 0 Å². The predicted octanol–water partition coefficient (Wildman–Crippen LogP) is 3.07. The van der Waals surface area contributed by atoms with Gasteiger partial charge in [-0.25, -0.2) is 8.70 Å². The van der Waals surface area contributed by atoms with Crippen molar-refractivity contribution in [3.05, 3.63) is 54.3 Å². The molecule has 0 amide bonds. The largest absolute Gasteiger partial charge is 0.392 e. The van der Waals surface area contributed by atoms with Crippen LogP contribution < -0.4 is 14.3 Å². The summed E-state index contributed by atoms with van der Waals surface area (Å²) in [5.41, 5.74) is 6.58. The van der Waals surface area contributed by atoms with Crippen molar-refractivity contribution in [2.24, 2.45) is 5.73 Å². The van der Waals surface area contributed by atoms with E-state index in [0.29, 0.717) is 11.4 Å². The summed E-state index contributed by atoms with van der Waals surface area (Å²) in [7, 11) is -3.49. The Hall–Kier alpha value is -1.84. The molecule has 5 N–H and O–H groups in total. The SMILES string of the molecule is NCC(O)CCN1c2ccccc2N(c2ccccc2F)S1(O)O. The summed E-state index contributed by atoms with van der Waals surface area (Å²) in [5, 5.41) is 9.68. The van der Waals surface area contributed by atoms with E-state index in [1.54, 1.807) is 36.4 Å². The van der Waals surface area contributed by atoms with Crippen molar-refractivity contribution >= 4 is 28.0 Å². The minimum atomic E-state index is -3.49. The van der Waals surface area contributed by atoms with Crippen molar-refractivity contribution in [2.75, 3.05) is 21.7 Å². The molecular weight excluding hydrogens is 333 g/mol. The fraction of sp³-hybridized carbons (Fsp3) is 0.250. The molecule has 2 aromatic rings. The lowest BCUT2D eigenvalue weighted by Crippen LogP contribution is -2.34. The molecule has 0 saturated heterocycles. The molecule has 130 valence electrons. The summed E-state index contributed by atoms with van der Waals surface area (Å²) in [6.07, 6.45) is -0.471. The van der Waals surface area contributed by atoms with Crippen LogP contribution in [-0.4, -0.2) is 33.4 Å². The number of hydrogen-bond donors (Lipinski definition) is 4. The highest BCUT2D eigenvalue weighted by atomic mass is 32.3. The number of aliphatic hydroxyl groups is 1. The maximum Gasteiger partial charge on any atom is 0.148 e. The summed E-state index contributed by atoms with van der Waals surface area (Å²) in [6, 6.07) is 12.9. The molecule has 1 heterocycles. The van der Waals surface area contributed by atoms with E-state index in [0.717, 1.165) is 0 Å². The Morgan fingerprint density at radius 1 is 1.00 bits per heavy atom. The topological polar surface area (TPSA) is 93.2 Å². The van der Waals surface area contributed by atoms with E-state index in [9.17, 15) is 18.6 Å². The van der Waals surface area contributed by atoms with Gasteiger partial charge in [-0.2, -0.15) is 0 Å². The molecule has 0 radical (unpaired) electrons. The average molecular weight is 353 g/mol. The standard InChI is InChI=1S/C16H20FN3O3S/c17-13-5-1-2-6-14(13)20-16-8-4-3-7-15(16)19(24(20,22)23)10-9-12(21)11-18/h1-8,12,21-23H,9-11,18H2. The highest BCUT2D eigenvalue weighted by Gasteiger charge is 2.42. The lowest BCUT2D eigenvalue weighted by Gasteiger charge is -2.44. The molecule has 8 heteroatoms.